The second kappa shape index (κ2) is 5.88. The average molecular weight is 329 g/mol. The molecule has 7 heteroatoms. The molecule has 2 aromatic rings. The van der Waals surface area contributed by atoms with Crippen molar-refractivity contribution in [1.82, 2.24) is 19.9 Å². The quantitative estimate of drug-likeness (QED) is 0.862. The maximum Gasteiger partial charge on any atom is 0.225 e. The van der Waals surface area contributed by atoms with Crippen molar-refractivity contribution in [2.75, 3.05) is 11.4 Å². The van der Waals surface area contributed by atoms with E-state index in [1.165, 1.54) is 0 Å². The summed E-state index contributed by atoms with van der Waals surface area (Å²) in [7, 11) is 0. The Kier molecular flexibility index (Phi) is 3.72. The van der Waals surface area contributed by atoms with Crippen LogP contribution in [0, 0.1) is 6.92 Å². The summed E-state index contributed by atoms with van der Waals surface area (Å²) in [5, 5.41) is 3.10. The summed E-state index contributed by atoms with van der Waals surface area (Å²) in [6.07, 6.45) is 6.00. The molecule has 6 nitrogen and oxygen atoms in total. The molecule has 0 spiro atoms. The van der Waals surface area contributed by atoms with Gasteiger partial charge in [-0.2, -0.15) is 0 Å². The zero-order chi connectivity index (χ0) is 15.8. The van der Waals surface area contributed by atoms with Crippen LogP contribution < -0.4 is 4.90 Å². The topological polar surface area (TPSA) is 62.2 Å². The Morgan fingerprint density at radius 3 is 2.83 bits per heavy atom. The third-order valence-corrected chi connectivity index (χ3v) is 5.52. The van der Waals surface area contributed by atoms with E-state index in [0.29, 0.717) is 19.0 Å². The van der Waals surface area contributed by atoms with E-state index in [1.807, 2.05) is 17.9 Å². The van der Waals surface area contributed by atoms with E-state index >= 15 is 0 Å². The van der Waals surface area contributed by atoms with E-state index in [2.05, 4.69) is 25.2 Å². The van der Waals surface area contributed by atoms with E-state index in [9.17, 15) is 4.79 Å². The van der Waals surface area contributed by atoms with Gasteiger partial charge in [-0.05, 0) is 25.8 Å². The maximum absolute atomic E-state index is 12.4. The second-order valence-corrected chi connectivity index (χ2v) is 7.15. The summed E-state index contributed by atoms with van der Waals surface area (Å²) in [6, 6.07) is 2.38. The summed E-state index contributed by atoms with van der Waals surface area (Å²) < 4.78 is 0. The smallest absolute Gasteiger partial charge is 0.225 e. The van der Waals surface area contributed by atoms with Crippen molar-refractivity contribution in [1.29, 1.82) is 0 Å². The van der Waals surface area contributed by atoms with Crippen molar-refractivity contribution in [2.24, 2.45) is 0 Å². The number of aromatic nitrogens is 3. The molecule has 2 fully saturated rings. The van der Waals surface area contributed by atoms with Gasteiger partial charge in [0.2, 0.25) is 11.9 Å². The number of carbonyl (C=O) groups is 1. The molecular formula is C16H19N5OS. The number of piperidine rings is 1. The van der Waals surface area contributed by atoms with Gasteiger partial charge in [-0.25, -0.2) is 15.0 Å². The molecule has 0 N–H and O–H groups in total. The molecule has 2 aromatic heterocycles. The lowest BCUT2D eigenvalue weighted by atomic mass is 9.96. The van der Waals surface area contributed by atoms with Gasteiger partial charge < -0.3 is 9.80 Å². The number of nitrogens with zero attached hydrogens (tertiary/aromatic N) is 5. The Morgan fingerprint density at radius 2 is 2.09 bits per heavy atom. The molecular weight excluding hydrogens is 310 g/mol. The Balaban J connectivity index is 1.56. The van der Waals surface area contributed by atoms with Crippen molar-refractivity contribution in [3.8, 4) is 0 Å². The summed E-state index contributed by atoms with van der Waals surface area (Å²) in [4.78, 5) is 30.0. The van der Waals surface area contributed by atoms with Gasteiger partial charge in [-0.1, -0.05) is 0 Å². The number of fused-ring (bicyclic) bond motifs is 1. The number of likely N-dealkylation sites (tertiary alicyclic amines) is 1. The van der Waals surface area contributed by atoms with Gasteiger partial charge in [-0.15, -0.1) is 11.3 Å². The lowest BCUT2D eigenvalue weighted by Gasteiger charge is -2.39. The predicted octanol–water partition coefficient (Wildman–Crippen LogP) is 2.01. The maximum atomic E-state index is 12.4. The minimum absolute atomic E-state index is 0.238. The molecule has 2 aliphatic heterocycles. The van der Waals surface area contributed by atoms with Crippen molar-refractivity contribution in [2.45, 2.75) is 44.8 Å². The molecule has 2 atom stereocenters. The lowest BCUT2D eigenvalue weighted by molar-refractivity contribution is -0.137. The van der Waals surface area contributed by atoms with Crippen molar-refractivity contribution in [3.63, 3.8) is 0 Å². The molecule has 4 rings (SSSR count). The highest BCUT2D eigenvalue weighted by Gasteiger charge is 2.44. The number of carbonyl (C=O) groups excluding carboxylic acids is 1. The minimum Gasteiger partial charge on any atom is -0.336 e. The van der Waals surface area contributed by atoms with Gasteiger partial charge in [0, 0.05) is 30.7 Å². The molecule has 2 saturated heterocycles. The fourth-order valence-corrected chi connectivity index (χ4v) is 4.30. The van der Waals surface area contributed by atoms with Gasteiger partial charge in [0.1, 0.15) is 0 Å². The highest BCUT2D eigenvalue weighted by molar-refractivity contribution is 7.09. The molecule has 4 heterocycles. The van der Waals surface area contributed by atoms with E-state index in [-0.39, 0.29) is 11.9 Å². The van der Waals surface area contributed by atoms with Gasteiger partial charge in [-0.3, -0.25) is 4.79 Å². The van der Waals surface area contributed by atoms with Crippen LogP contribution >= 0.6 is 11.3 Å². The number of hydrogen-bond acceptors (Lipinski definition) is 6. The summed E-state index contributed by atoms with van der Waals surface area (Å²) >= 11 is 1.64. The highest BCUT2D eigenvalue weighted by Crippen LogP contribution is 2.34. The van der Waals surface area contributed by atoms with Crippen LogP contribution in [0.1, 0.15) is 30.0 Å². The van der Waals surface area contributed by atoms with Crippen LogP contribution in [0.5, 0.6) is 0 Å². The van der Waals surface area contributed by atoms with Crippen molar-refractivity contribution >= 4 is 23.2 Å². The molecule has 0 unspecified atom stereocenters. The molecule has 0 bridgehead atoms. The van der Waals surface area contributed by atoms with Gasteiger partial charge in [0.05, 0.1) is 29.3 Å². The van der Waals surface area contributed by atoms with Crippen LogP contribution in [0.3, 0.4) is 0 Å². The summed E-state index contributed by atoms with van der Waals surface area (Å²) in [5.41, 5.74) is 0.996. The van der Waals surface area contributed by atoms with Gasteiger partial charge in [0.15, 0.2) is 0 Å². The highest BCUT2D eigenvalue weighted by atomic mass is 32.1. The first-order valence-electron chi connectivity index (χ1n) is 7.96. The number of anilines is 1. The normalized spacial score (nSPS) is 24.1. The standard InChI is InChI=1S/C16H19N5OS/c1-11-19-12(10-23-11)9-21-14-5-8-20(13(14)3-4-15(21)22)16-17-6-2-7-18-16/h2,6-7,10,13-14H,3-5,8-9H2,1H3/t13-,14-/m0/s1. The van der Waals surface area contributed by atoms with Gasteiger partial charge in [0.25, 0.3) is 0 Å². The third kappa shape index (κ3) is 2.69. The number of thiazole rings is 1. The molecule has 0 radical (unpaired) electrons. The molecule has 2 aliphatic rings. The molecule has 0 aromatic carbocycles. The molecule has 0 saturated carbocycles. The van der Waals surface area contributed by atoms with Crippen LogP contribution in [0.2, 0.25) is 0 Å². The van der Waals surface area contributed by atoms with Crippen LogP contribution in [0.15, 0.2) is 23.8 Å². The minimum atomic E-state index is 0.238. The predicted molar refractivity (Wildman–Crippen MR) is 88.2 cm³/mol. The zero-order valence-corrected chi connectivity index (χ0v) is 13.9. The van der Waals surface area contributed by atoms with E-state index in [1.54, 1.807) is 23.7 Å². The largest absolute Gasteiger partial charge is 0.336 e. The van der Waals surface area contributed by atoms with Crippen molar-refractivity contribution < 1.29 is 4.79 Å². The van der Waals surface area contributed by atoms with Gasteiger partial charge >= 0.3 is 0 Å². The zero-order valence-electron chi connectivity index (χ0n) is 13.1. The number of rotatable bonds is 3. The number of aryl methyl sites for hydroxylation is 1. The van der Waals surface area contributed by atoms with E-state index in [4.69, 9.17) is 0 Å². The Labute approximate surface area is 139 Å². The molecule has 1 amide bonds. The third-order valence-electron chi connectivity index (χ3n) is 4.69. The Morgan fingerprint density at radius 1 is 1.26 bits per heavy atom. The van der Waals surface area contributed by atoms with Crippen LogP contribution in [-0.4, -0.2) is 44.4 Å². The van der Waals surface area contributed by atoms with E-state index < -0.39 is 0 Å². The molecule has 0 aliphatic carbocycles. The van der Waals surface area contributed by atoms with Crippen molar-refractivity contribution in [3.05, 3.63) is 34.5 Å². The fraction of sp³-hybridized carbons (Fsp3) is 0.500. The Bertz CT molecular complexity index is 704. The van der Waals surface area contributed by atoms with E-state index in [0.717, 1.165) is 36.0 Å². The summed E-state index contributed by atoms with van der Waals surface area (Å²) in [6.45, 7) is 3.52. The first-order valence-corrected chi connectivity index (χ1v) is 8.84. The van der Waals surface area contributed by atoms with Crippen LogP contribution in [0.4, 0.5) is 5.95 Å². The average Bonchev–Trinajstić information content (AvgIpc) is 3.17. The number of amides is 1. The summed E-state index contributed by atoms with van der Waals surface area (Å²) in [5.74, 6) is 1.02. The SMILES string of the molecule is Cc1nc(CN2C(=O)CC[C@H]3[C@@H]2CCN3c2ncccn2)cs1. The number of hydrogen-bond donors (Lipinski definition) is 0. The first-order chi connectivity index (χ1) is 11.2. The first kappa shape index (κ1) is 14.6. The lowest BCUT2D eigenvalue weighted by Crippen LogP contribution is -2.52. The molecule has 120 valence electrons. The van der Waals surface area contributed by atoms with Crippen LogP contribution in [0.25, 0.3) is 0 Å². The van der Waals surface area contributed by atoms with Crippen LogP contribution in [-0.2, 0) is 11.3 Å². The fourth-order valence-electron chi connectivity index (χ4n) is 3.70. The molecule has 23 heavy (non-hydrogen) atoms. The Hall–Kier alpha value is -2.02. The monoisotopic (exact) mass is 329 g/mol. The second-order valence-electron chi connectivity index (χ2n) is 6.08.